The number of hydrogen-bond donors (Lipinski definition) is 1. The van der Waals surface area contributed by atoms with Gasteiger partial charge in [0.2, 0.25) is 0 Å². The molecule has 3 nitrogen and oxygen atoms in total. The van der Waals surface area contributed by atoms with Crippen molar-refractivity contribution in [2.24, 2.45) is 0 Å². The Morgan fingerprint density at radius 3 is 2.93 bits per heavy atom. The van der Waals surface area contributed by atoms with Crippen LogP contribution in [0, 0.1) is 11.6 Å². The summed E-state index contributed by atoms with van der Waals surface area (Å²) in [5, 5.41) is 0. The van der Waals surface area contributed by atoms with Gasteiger partial charge in [-0.1, -0.05) is 12.2 Å². The van der Waals surface area contributed by atoms with Gasteiger partial charge in [-0.2, -0.15) is 0 Å². The molecule has 1 aromatic rings. The van der Waals surface area contributed by atoms with Crippen molar-refractivity contribution in [2.45, 2.75) is 38.9 Å². The van der Waals surface area contributed by atoms with Crippen LogP contribution in [0.3, 0.4) is 0 Å². The lowest BCUT2D eigenvalue weighted by atomic mass is 10.2. The molecule has 2 rings (SSSR count). The second-order valence-electron chi connectivity index (χ2n) is 3.80. The van der Waals surface area contributed by atoms with Crippen molar-refractivity contribution in [3.05, 3.63) is 22.2 Å². The molecule has 2 heterocycles. The molecule has 4 heteroatoms. The van der Waals surface area contributed by atoms with Gasteiger partial charge in [-0.15, -0.1) is 0 Å². The zero-order chi connectivity index (χ0) is 10.1. The van der Waals surface area contributed by atoms with Gasteiger partial charge in [0.15, 0.2) is 0 Å². The van der Waals surface area contributed by atoms with Crippen LogP contribution >= 0.6 is 12.2 Å². The lowest BCUT2D eigenvalue weighted by Gasteiger charge is -2.10. The summed E-state index contributed by atoms with van der Waals surface area (Å²) in [5.74, 6) is 0.874. The number of nitrogens with one attached hydrogen (secondary N) is 1. The van der Waals surface area contributed by atoms with Crippen LogP contribution in [0.15, 0.2) is 6.07 Å². The molecule has 1 aromatic heterocycles. The molecule has 0 bridgehead atoms. The summed E-state index contributed by atoms with van der Waals surface area (Å²) < 4.78 is 6.36. The van der Waals surface area contributed by atoms with Crippen molar-refractivity contribution in [1.82, 2.24) is 9.97 Å². The van der Waals surface area contributed by atoms with Gasteiger partial charge in [-0.25, -0.2) is 4.98 Å². The van der Waals surface area contributed by atoms with Gasteiger partial charge in [0.25, 0.3) is 0 Å². The summed E-state index contributed by atoms with van der Waals surface area (Å²) in [4.78, 5) is 7.49. The molecule has 1 saturated heterocycles. The summed E-state index contributed by atoms with van der Waals surface area (Å²) in [6, 6.07) is 1.86. The molecule has 0 spiro atoms. The standard InChI is InChI=1S/C10H14N2OS/c1-6-5-9(14)12-10(11-6)8-4-3-7(2)13-8/h5,7-8H,3-4H2,1-2H3,(H,11,12,14). The molecule has 0 saturated carbocycles. The minimum Gasteiger partial charge on any atom is -0.367 e. The molecule has 1 fully saturated rings. The van der Waals surface area contributed by atoms with E-state index >= 15 is 0 Å². The van der Waals surface area contributed by atoms with Crippen LogP contribution in [-0.4, -0.2) is 16.1 Å². The average Bonchev–Trinajstić information content (AvgIpc) is 2.50. The van der Waals surface area contributed by atoms with Crippen LogP contribution in [0.1, 0.15) is 37.4 Å². The molecule has 0 aliphatic carbocycles. The highest BCUT2D eigenvalue weighted by Crippen LogP contribution is 2.30. The van der Waals surface area contributed by atoms with E-state index in [1.165, 1.54) is 0 Å². The number of ether oxygens (including phenoxy) is 1. The van der Waals surface area contributed by atoms with Crippen molar-refractivity contribution in [1.29, 1.82) is 0 Å². The Labute approximate surface area is 88.5 Å². The fourth-order valence-electron chi connectivity index (χ4n) is 1.76. The summed E-state index contributed by atoms with van der Waals surface area (Å²) in [6.07, 6.45) is 2.57. The van der Waals surface area contributed by atoms with Crippen molar-refractivity contribution in [3.8, 4) is 0 Å². The molecule has 1 N–H and O–H groups in total. The summed E-state index contributed by atoms with van der Waals surface area (Å²) in [7, 11) is 0. The van der Waals surface area contributed by atoms with E-state index in [9.17, 15) is 0 Å². The molecular formula is C10H14N2OS. The summed E-state index contributed by atoms with van der Waals surface area (Å²) >= 11 is 5.07. The van der Waals surface area contributed by atoms with E-state index in [0.717, 1.165) is 24.4 Å². The van der Waals surface area contributed by atoms with Gasteiger partial charge in [0.05, 0.1) is 6.10 Å². The van der Waals surface area contributed by atoms with Crippen LogP contribution in [0.5, 0.6) is 0 Å². The predicted molar refractivity (Wildman–Crippen MR) is 56.7 cm³/mol. The Bertz CT molecular complexity index is 388. The molecule has 2 unspecified atom stereocenters. The number of nitrogens with zero attached hydrogens (tertiary/aromatic N) is 1. The molecule has 0 aromatic carbocycles. The first-order chi connectivity index (χ1) is 6.65. The lowest BCUT2D eigenvalue weighted by Crippen LogP contribution is -2.06. The van der Waals surface area contributed by atoms with Crippen molar-refractivity contribution < 1.29 is 4.74 Å². The molecule has 0 radical (unpaired) electrons. The molecule has 14 heavy (non-hydrogen) atoms. The van der Waals surface area contributed by atoms with E-state index in [4.69, 9.17) is 17.0 Å². The monoisotopic (exact) mass is 210 g/mol. The highest BCUT2D eigenvalue weighted by Gasteiger charge is 2.24. The molecule has 1 aliphatic heterocycles. The molecular weight excluding hydrogens is 196 g/mol. The van der Waals surface area contributed by atoms with Crippen molar-refractivity contribution in [3.63, 3.8) is 0 Å². The second-order valence-corrected chi connectivity index (χ2v) is 4.22. The topological polar surface area (TPSA) is 37.9 Å². The lowest BCUT2D eigenvalue weighted by molar-refractivity contribution is 0.0501. The molecule has 1 aliphatic rings. The molecule has 0 amide bonds. The Morgan fingerprint density at radius 2 is 2.36 bits per heavy atom. The van der Waals surface area contributed by atoms with Gasteiger partial charge in [-0.3, -0.25) is 0 Å². The average molecular weight is 210 g/mol. The van der Waals surface area contributed by atoms with Crippen molar-refractivity contribution in [2.75, 3.05) is 0 Å². The van der Waals surface area contributed by atoms with Crippen LogP contribution in [-0.2, 0) is 4.74 Å². The SMILES string of the molecule is Cc1cc(=S)nc(C2CCC(C)O2)[nH]1. The Kier molecular flexibility index (Phi) is 2.65. The van der Waals surface area contributed by atoms with Crippen LogP contribution in [0.2, 0.25) is 0 Å². The molecule has 76 valence electrons. The fraction of sp³-hybridized carbons (Fsp3) is 0.600. The zero-order valence-electron chi connectivity index (χ0n) is 8.41. The van der Waals surface area contributed by atoms with Crippen LogP contribution in [0.25, 0.3) is 0 Å². The third-order valence-electron chi connectivity index (χ3n) is 2.43. The Morgan fingerprint density at radius 1 is 1.57 bits per heavy atom. The zero-order valence-corrected chi connectivity index (χ0v) is 9.23. The number of aromatic amines is 1. The van der Waals surface area contributed by atoms with Gasteiger partial charge >= 0.3 is 0 Å². The summed E-state index contributed by atoms with van der Waals surface area (Å²) in [6.45, 7) is 4.07. The van der Waals surface area contributed by atoms with E-state index in [2.05, 4.69) is 16.9 Å². The third-order valence-corrected chi connectivity index (χ3v) is 2.64. The van der Waals surface area contributed by atoms with E-state index in [0.29, 0.717) is 10.7 Å². The summed E-state index contributed by atoms with van der Waals surface area (Å²) in [5.41, 5.74) is 1.04. The normalized spacial score (nSPS) is 26.7. The van der Waals surface area contributed by atoms with Gasteiger partial charge in [0.1, 0.15) is 16.6 Å². The minimum atomic E-state index is 0.103. The first-order valence-electron chi connectivity index (χ1n) is 4.88. The van der Waals surface area contributed by atoms with E-state index in [-0.39, 0.29) is 6.10 Å². The first kappa shape index (κ1) is 9.80. The van der Waals surface area contributed by atoms with Gasteiger partial charge < -0.3 is 9.72 Å². The van der Waals surface area contributed by atoms with E-state index in [1.54, 1.807) is 0 Å². The maximum Gasteiger partial charge on any atom is 0.137 e. The predicted octanol–water partition coefficient (Wildman–Crippen LogP) is 2.69. The van der Waals surface area contributed by atoms with Gasteiger partial charge in [0, 0.05) is 5.69 Å². The van der Waals surface area contributed by atoms with Gasteiger partial charge in [-0.05, 0) is 32.8 Å². The number of rotatable bonds is 1. The molecule has 2 atom stereocenters. The largest absolute Gasteiger partial charge is 0.367 e. The highest BCUT2D eigenvalue weighted by molar-refractivity contribution is 7.71. The van der Waals surface area contributed by atoms with Crippen molar-refractivity contribution >= 4 is 12.2 Å². The third kappa shape index (κ3) is 2.01. The highest BCUT2D eigenvalue weighted by atomic mass is 32.1. The van der Waals surface area contributed by atoms with E-state index in [1.807, 2.05) is 13.0 Å². The Balaban J connectivity index is 2.28. The number of H-pyrrole nitrogens is 1. The number of aromatic nitrogens is 2. The quantitative estimate of drug-likeness (QED) is 0.724. The first-order valence-corrected chi connectivity index (χ1v) is 5.29. The minimum absolute atomic E-state index is 0.103. The maximum absolute atomic E-state index is 5.72. The smallest absolute Gasteiger partial charge is 0.137 e. The van der Waals surface area contributed by atoms with Crippen LogP contribution in [0.4, 0.5) is 0 Å². The second kappa shape index (κ2) is 3.79. The number of aryl methyl sites for hydroxylation is 1. The fourth-order valence-corrected chi connectivity index (χ4v) is 2.03. The van der Waals surface area contributed by atoms with Crippen LogP contribution < -0.4 is 0 Å². The van der Waals surface area contributed by atoms with E-state index < -0.39 is 0 Å². The Hall–Kier alpha value is -0.740. The maximum atomic E-state index is 5.72. The number of hydrogen-bond acceptors (Lipinski definition) is 3.